The van der Waals surface area contributed by atoms with Crippen molar-refractivity contribution in [2.45, 2.75) is 27.2 Å². The molecule has 0 atom stereocenters. The standard InChI is InChI=1S/C20H14N3.C8H18P2.Os/c1-12-14-8-2-3-9-15(14)21-19(12)20-22-16-10-4-6-13-7-5-11-17(23-20)18(13)16;1-7(9(3)4)8(2)10(5)6;/h2-6,8-11H,7H2,1H3;1-6H3;/q-1;;+1/p+2/b;8-7-;. The number of aromatic nitrogens is 3. The third-order valence-electron chi connectivity index (χ3n) is 6.62. The number of rotatable bonds is 3. The molecule has 0 unspecified atom stereocenters. The summed E-state index contributed by atoms with van der Waals surface area (Å²) in [6.45, 7) is 16.2. The number of hydrogen-bond acceptors (Lipinski definition) is 2. The first-order chi connectivity index (χ1) is 15.8. The summed E-state index contributed by atoms with van der Waals surface area (Å²) < 4.78 is 0. The first kappa shape index (κ1) is 26.9. The van der Waals surface area contributed by atoms with Crippen molar-refractivity contribution >= 4 is 43.7 Å². The smallest absolute Gasteiger partial charge is 0.654 e. The van der Waals surface area contributed by atoms with Crippen LogP contribution < -0.4 is 4.98 Å². The van der Waals surface area contributed by atoms with Crippen molar-refractivity contribution in [3.05, 3.63) is 76.0 Å². The van der Waals surface area contributed by atoms with Crippen LogP contribution in [0.2, 0.25) is 0 Å². The molecule has 0 bridgehead atoms. The molecule has 2 heterocycles. The maximum Gasteiger partial charge on any atom is 1.00 e. The van der Waals surface area contributed by atoms with Crippen LogP contribution in [0.15, 0.2) is 59.2 Å². The zero-order valence-electron chi connectivity index (χ0n) is 21.1. The molecule has 3 nitrogen and oxygen atoms in total. The number of para-hydroxylation sites is 1. The molecule has 177 valence electrons. The molecule has 1 radical (unpaired) electrons. The van der Waals surface area contributed by atoms with Gasteiger partial charge in [0.2, 0.25) is 0 Å². The average Bonchev–Trinajstić information content (AvgIpc) is 3.15. The Labute approximate surface area is 219 Å². The van der Waals surface area contributed by atoms with Crippen LogP contribution in [-0.4, -0.2) is 36.6 Å². The molecule has 1 aliphatic carbocycles. The van der Waals surface area contributed by atoms with E-state index in [1.807, 2.05) is 18.2 Å². The molecule has 0 saturated heterocycles. The fourth-order valence-electron chi connectivity index (χ4n) is 4.17. The largest absolute Gasteiger partial charge is 1.00 e. The summed E-state index contributed by atoms with van der Waals surface area (Å²) in [5, 5.41) is 5.74. The van der Waals surface area contributed by atoms with Gasteiger partial charge in [0.15, 0.2) is 0 Å². The maximum absolute atomic E-state index is 4.80. The summed E-state index contributed by atoms with van der Waals surface area (Å²) in [5.41, 5.74) is 6.32. The van der Waals surface area contributed by atoms with Crippen LogP contribution in [-0.2, 0) is 26.2 Å². The summed E-state index contributed by atoms with van der Waals surface area (Å²) in [6.07, 6.45) is 5.21. The van der Waals surface area contributed by atoms with E-state index in [0.29, 0.717) is 5.82 Å². The fourth-order valence-corrected chi connectivity index (χ4v) is 7.17. The first-order valence-corrected chi connectivity index (χ1v) is 16.5. The monoisotopic (exact) mass is 666 g/mol. The van der Waals surface area contributed by atoms with E-state index in [4.69, 9.17) is 15.0 Å². The molecule has 0 spiro atoms. The molecule has 0 amide bonds. The Bertz CT molecular complexity index is 1370. The second-order valence-corrected chi connectivity index (χ2v) is 14.7. The van der Waals surface area contributed by atoms with E-state index in [1.165, 1.54) is 16.3 Å². The van der Waals surface area contributed by atoms with Crippen LogP contribution in [0.4, 0.5) is 0 Å². The van der Waals surface area contributed by atoms with Crippen molar-refractivity contribution in [3.8, 4) is 11.5 Å². The van der Waals surface area contributed by atoms with Crippen LogP contribution in [0.25, 0.3) is 39.4 Å². The van der Waals surface area contributed by atoms with E-state index < -0.39 is 0 Å². The van der Waals surface area contributed by atoms with Crippen molar-refractivity contribution in [2.24, 2.45) is 0 Å². The van der Waals surface area contributed by atoms with Gasteiger partial charge in [-0.15, -0.1) is 5.52 Å². The summed E-state index contributed by atoms with van der Waals surface area (Å²) >= 11 is 0. The van der Waals surface area contributed by atoms with Crippen LogP contribution in [0.1, 0.15) is 30.7 Å². The second kappa shape index (κ2) is 11.4. The molecule has 4 aromatic rings. The van der Waals surface area contributed by atoms with Gasteiger partial charge in [-0.3, -0.25) is 0 Å². The minimum Gasteiger partial charge on any atom is -0.654 e. The molecule has 34 heavy (non-hydrogen) atoms. The van der Waals surface area contributed by atoms with E-state index in [1.54, 1.807) is 10.6 Å². The Morgan fingerprint density at radius 2 is 1.56 bits per heavy atom. The summed E-state index contributed by atoms with van der Waals surface area (Å²) in [5.74, 6) is 0.713. The number of benzene rings is 2. The number of fused-ring (bicyclic) bond motifs is 1. The summed E-state index contributed by atoms with van der Waals surface area (Å²) in [6, 6.07) is 14.5. The molecule has 0 saturated carbocycles. The van der Waals surface area contributed by atoms with E-state index in [0.717, 1.165) is 34.4 Å². The van der Waals surface area contributed by atoms with Crippen LogP contribution in [0, 0.1) is 6.92 Å². The molecule has 2 aromatic carbocycles. The van der Waals surface area contributed by atoms with Crippen molar-refractivity contribution in [2.75, 3.05) is 26.7 Å². The molecule has 2 aromatic heterocycles. The maximum atomic E-state index is 4.80. The number of allylic oxidation sites excluding steroid dienone is 3. The van der Waals surface area contributed by atoms with Crippen molar-refractivity contribution in [3.63, 3.8) is 0 Å². The zero-order valence-corrected chi connectivity index (χ0v) is 25.6. The Morgan fingerprint density at radius 3 is 2.21 bits per heavy atom. The predicted molar refractivity (Wildman–Crippen MR) is 152 cm³/mol. The minimum absolute atomic E-state index is 0. The van der Waals surface area contributed by atoms with E-state index in [-0.39, 0.29) is 35.6 Å². The van der Waals surface area contributed by atoms with Gasteiger partial charge in [0.05, 0.1) is 37.9 Å². The topological polar surface area (TPSA) is 39.9 Å². The van der Waals surface area contributed by atoms with Gasteiger partial charge < -0.3 is 4.98 Å². The molecule has 0 fully saturated rings. The van der Waals surface area contributed by atoms with Gasteiger partial charge in [0, 0.05) is 21.2 Å². The predicted octanol–water partition coefficient (Wildman–Crippen LogP) is 7.47. The third-order valence-corrected chi connectivity index (χ3v) is 10.6. The molecule has 0 aliphatic heterocycles. The number of nitrogens with zero attached hydrogens (tertiary/aromatic N) is 3. The Kier molecular flexibility index (Phi) is 8.98. The van der Waals surface area contributed by atoms with Crippen molar-refractivity contribution in [1.82, 2.24) is 15.0 Å². The van der Waals surface area contributed by atoms with Gasteiger partial charge in [-0.1, -0.05) is 53.7 Å². The van der Waals surface area contributed by atoms with Crippen LogP contribution >= 0.6 is 15.8 Å². The zero-order chi connectivity index (χ0) is 23.7. The molecule has 5 rings (SSSR count). The Hall–Kier alpha value is -1.70. The normalized spacial score (nSPS) is 13.1. The van der Waals surface area contributed by atoms with Gasteiger partial charge in [-0.25, -0.2) is 9.97 Å². The van der Waals surface area contributed by atoms with Gasteiger partial charge in [0.1, 0.15) is 16.5 Å². The third kappa shape index (κ3) is 5.41. The molecular formula is C28H34N3OsP2+2. The molecule has 0 N–H and O–H groups in total. The van der Waals surface area contributed by atoms with Crippen LogP contribution in [0.3, 0.4) is 0 Å². The van der Waals surface area contributed by atoms with Gasteiger partial charge in [0.25, 0.3) is 0 Å². The van der Waals surface area contributed by atoms with Crippen molar-refractivity contribution in [1.29, 1.82) is 0 Å². The van der Waals surface area contributed by atoms with Gasteiger partial charge >= 0.3 is 19.8 Å². The summed E-state index contributed by atoms with van der Waals surface area (Å²) in [4.78, 5) is 14.4. The molecule has 6 heteroatoms. The minimum atomic E-state index is -0.151. The van der Waals surface area contributed by atoms with Gasteiger partial charge in [-0.2, -0.15) is 0 Å². The quantitative estimate of drug-likeness (QED) is 0.214. The summed E-state index contributed by atoms with van der Waals surface area (Å²) in [7, 11) is -0.302. The van der Waals surface area contributed by atoms with Crippen LogP contribution in [0.5, 0.6) is 0 Å². The Balaban J connectivity index is 0.000000255. The number of hydrogen-bond donors (Lipinski definition) is 0. The first-order valence-electron chi connectivity index (χ1n) is 11.5. The molecular weight excluding hydrogens is 631 g/mol. The van der Waals surface area contributed by atoms with E-state index in [9.17, 15) is 0 Å². The van der Waals surface area contributed by atoms with Gasteiger partial charge in [-0.05, 0) is 50.3 Å². The van der Waals surface area contributed by atoms with Crippen molar-refractivity contribution < 1.29 is 19.8 Å². The molecule has 1 aliphatic rings. The number of aryl methyl sites for hydroxylation is 1. The second-order valence-electron chi connectivity index (χ2n) is 9.20. The van der Waals surface area contributed by atoms with E-state index >= 15 is 0 Å². The Morgan fingerprint density at radius 1 is 0.882 bits per heavy atom. The van der Waals surface area contributed by atoms with E-state index in [2.05, 4.69) is 83.8 Å². The fraction of sp³-hybridized carbons (Fsp3) is 0.286. The average molecular weight is 665 g/mol. The SMILES string of the molecule is C/C(=C(\C)[PH+](C)C)[PH+](C)C.Cc1c(-c2nc3c4c(cccc4n2)CC=C3)[n-]c2ccccc12.[Os+].